The van der Waals surface area contributed by atoms with Crippen LogP contribution in [0, 0.1) is 0 Å². The summed E-state index contributed by atoms with van der Waals surface area (Å²) in [5.74, 6) is 1.71. The standard InChI is InChI=1S/C26H29Cl2N5O2S/c1-18-17-31(12-13-32(18)19(2)34)25(35)9-6-14-36-26-30-29-24(15-20-7-4-3-5-8-20)33(26)21-10-11-22(27)23(28)16-21/h3-5,7-8,10-11,16,18H,6,9,12-15,17H2,1-2H3. The molecule has 190 valence electrons. The van der Waals surface area contributed by atoms with Gasteiger partial charge in [-0.3, -0.25) is 14.2 Å². The highest BCUT2D eigenvalue weighted by molar-refractivity contribution is 7.99. The minimum absolute atomic E-state index is 0.0439. The highest BCUT2D eigenvalue weighted by atomic mass is 35.5. The van der Waals surface area contributed by atoms with Crippen molar-refractivity contribution in [1.82, 2.24) is 24.6 Å². The predicted octanol–water partition coefficient (Wildman–Crippen LogP) is 5.12. The second kappa shape index (κ2) is 12.1. The van der Waals surface area contributed by atoms with E-state index in [0.717, 1.165) is 28.0 Å². The Kier molecular flexibility index (Phi) is 8.93. The van der Waals surface area contributed by atoms with Crippen molar-refractivity contribution in [2.24, 2.45) is 0 Å². The summed E-state index contributed by atoms with van der Waals surface area (Å²) in [4.78, 5) is 28.1. The van der Waals surface area contributed by atoms with Gasteiger partial charge < -0.3 is 9.80 Å². The Labute approximate surface area is 225 Å². The molecule has 0 spiro atoms. The second-order valence-electron chi connectivity index (χ2n) is 8.85. The maximum absolute atomic E-state index is 12.7. The third-order valence-electron chi connectivity index (χ3n) is 6.22. The van der Waals surface area contributed by atoms with Crippen LogP contribution >= 0.6 is 35.0 Å². The number of hydrogen-bond donors (Lipinski definition) is 0. The molecule has 0 radical (unpaired) electrons. The van der Waals surface area contributed by atoms with Gasteiger partial charge >= 0.3 is 0 Å². The Balaban J connectivity index is 1.41. The first-order valence-electron chi connectivity index (χ1n) is 11.9. The number of hydrogen-bond acceptors (Lipinski definition) is 5. The number of carbonyl (C=O) groups excluding carboxylic acids is 2. The van der Waals surface area contributed by atoms with Crippen molar-refractivity contribution in [3.05, 3.63) is 70.0 Å². The molecule has 2 amide bonds. The lowest BCUT2D eigenvalue weighted by molar-refractivity contribution is -0.141. The quantitative estimate of drug-likeness (QED) is 0.290. The van der Waals surface area contributed by atoms with E-state index in [1.54, 1.807) is 24.8 Å². The number of piperazine rings is 1. The molecule has 0 bridgehead atoms. The van der Waals surface area contributed by atoms with Crippen LogP contribution in [-0.2, 0) is 16.0 Å². The van der Waals surface area contributed by atoms with Crippen LogP contribution in [0.25, 0.3) is 5.69 Å². The van der Waals surface area contributed by atoms with Gasteiger partial charge in [0.1, 0.15) is 5.82 Å². The van der Waals surface area contributed by atoms with E-state index in [0.29, 0.717) is 48.9 Å². The van der Waals surface area contributed by atoms with E-state index in [9.17, 15) is 9.59 Å². The molecule has 1 unspecified atom stereocenters. The average Bonchev–Trinajstić information content (AvgIpc) is 3.25. The van der Waals surface area contributed by atoms with Gasteiger partial charge in [-0.05, 0) is 37.1 Å². The minimum atomic E-state index is 0.0439. The van der Waals surface area contributed by atoms with Gasteiger partial charge in [0.05, 0.1) is 15.7 Å². The molecule has 0 saturated carbocycles. The lowest BCUT2D eigenvalue weighted by Gasteiger charge is -2.39. The van der Waals surface area contributed by atoms with E-state index in [2.05, 4.69) is 22.3 Å². The number of halogens is 2. The summed E-state index contributed by atoms with van der Waals surface area (Å²) in [6.07, 6.45) is 1.79. The number of benzene rings is 2. The first-order valence-corrected chi connectivity index (χ1v) is 13.7. The van der Waals surface area contributed by atoms with Crippen LogP contribution in [0.1, 0.15) is 38.1 Å². The molecule has 1 saturated heterocycles. The smallest absolute Gasteiger partial charge is 0.222 e. The molecule has 7 nitrogen and oxygen atoms in total. The molecular formula is C26H29Cl2N5O2S. The van der Waals surface area contributed by atoms with Crippen molar-refractivity contribution in [1.29, 1.82) is 0 Å². The molecule has 0 N–H and O–H groups in total. The summed E-state index contributed by atoms with van der Waals surface area (Å²) >= 11 is 14.0. The number of amides is 2. The van der Waals surface area contributed by atoms with Crippen LogP contribution in [0.4, 0.5) is 0 Å². The van der Waals surface area contributed by atoms with Crippen LogP contribution < -0.4 is 0 Å². The van der Waals surface area contributed by atoms with Gasteiger partial charge in [0, 0.05) is 51.2 Å². The molecule has 0 aliphatic carbocycles. The highest BCUT2D eigenvalue weighted by Crippen LogP contribution is 2.29. The number of carbonyl (C=O) groups is 2. The normalized spacial score (nSPS) is 15.8. The molecule has 1 fully saturated rings. The summed E-state index contributed by atoms with van der Waals surface area (Å²) in [6.45, 7) is 5.32. The van der Waals surface area contributed by atoms with Gasteiger partial charge in [0.15, 0.2) is 5.16 Å². The predicted molar refractivity (Wildman–Crippen MR) is 144 cm³/mol. The number of nitrogens with zero attached hydrogens (tertiary/aromatic N) is 5. The molecule has 1 atom stereocenters. The number of aromatic nitrogens is 3. The molecule has 2 heterocycles. The highest BCUT2D eigenvalue weighted by Gasteiger charge is 2.27. The van der Waals surface area contributed by atoms with Crippen molar-refractivity contribution in [2.75, 3.05) is 25.4 Å². The first kappa shape index (κ1) is 26.5. The van der Waals surface area contributed by atoms with Crippen molar-refractivity contribution < 1.29 is 9.59 Å². The molecule has 1 aromatic heterocycles. The van der Waals surface area contributed by atoms with Crippen molar-refractivity contribution in [2.45, 2.75) is 44.3 Å². The lowest BCUT2D eigenvalue weighted by atomic mass is 10.1. The fraction of sp³-hybridized carbons (Fsp3) is 0.385. The molecular weight excluding hydrogens is 517 g/mol. The zero-order chi connectivity index (χ0) is 25.7. The summed E-state index contributed by atoms with van der Waals surface area (Å²) in [5.41, 5.74) is 1.98. The second-order valence-corrected chi connectivity index (χ2v) is 10.7. The molecule has 10 heteroatoms. The maximum atomic E-state index is 12.7. The van der Waals surface area contributed by atoms with Gasteiger partial charge in [0.2, 0.25) is 11.8 Å². The van der Waals surface area contributed by atoms with E-state index in [1.807, 2.05) is 51.6 Å². The molecule has 4 rings (SSSR count). The molecule has 2 aromatic carbocycles. The van der Waals surface area contributed by atoms with Crippen LogP contribution in [0.3, 0.4) is 0 Å². The molecule has 3 aromatic rings. The Bertz CT molecular complexity index is 1220. The Morgan fingerprint density at radius 2 is 1.83 bits per heavy atom. The summed E-state index contributed by atoms with van der Waals surface area (Å²) in [6, 6.07) is 15.6. The summed E-state index contributed by atoms with van der Waals surface area (Å²) in [5, 5.41) is 10.6. The van der Waals surface area contributed by atoms with E-state index in [-0.39, 0.29) is 17.9 Å². The Morgan fingerprint density at radius 1 is 1.06 bits per heavy atom. The zero-order valence-corrected chi connectivity index (χ0v) is 22.7. The first-order chi connectivity index (χ1) is 17.3. The van der Waals surface area contributed by atoms with Crippen molar-refractivity contribution >= 4 is 46.8 Å². The molecule has 36 heavy (non-hydrogen) atoms. The van der Waals surface area contributed by atoms with Crippen LogP contribution in [-0.4, -0.2) is 67.8 Å². The third-order valence-corrected chi connectivity index (χ3v) is 7.97. The SMILES string of the molecule is CC(=O)N1CCN(C(=O)CCCSc2nnc(Cc3ccccc3)n2-c2ccc(Cl)c(Cl)c2)CC1C. The monoisotopic (exact) mass is 545 g/mol. The number of thioether (sulfide) groups is 1. The van der Waals surface area contributed by atoms with Crippen molar-refractivity contribution in [3.8, 4) is 5.69 Å². The van der Waals surface area contributed by atoms with Crippen LogP contribution in [0.2, 0.25) is 10.0 Å². The summed E-state index contributed by atoms with van der Waals surface area (Å²) in [7, 11) is 0. The van der Waals surface area contributed by atoms with Gasteiger partial charge in [-0.2, -0.15) is 0 Å². The largest absolute Gasteiger partial charge is 0.339 e. The topological polar surface area (TPSA) is 71.3 Å². The average molecular weight is 547 g/mol. The fourth-order valence-corrected chi connectivity index (χ4v) is 5.57. The van der Waals surface area contributed by atoms with Gasteiger partial charge in [0.25, 0.3) is 0 Å². The van der Waals surface area contributed by atoms with Gasteiger partial charge in [-0.1, -0.05) is 65.3 Å². The zero-order valence-electron chi connectivity index (χ0n) is 20.4. The lowest BCUT2D eigenvalue weighted by Crippen LogP contribution is -2.54. The van der Waals surface area contributed by atoms with Gasteiger partial charge in [-0.15, -0.1) is 10.2 Å². The minimum Gasteiger partial charge on any atom is -0.339 e. The van der Waals surface area contributed by atoms with Gasteiger partial charge in [-0.25, -0.2) is 0 Å². The third kappa shape index (κ3) is 6.41. The molecule has 1 aliphatic heterocycles. The molecule has 1 aliphatic rings. The fourth-order valence-electron chi connectivity index (χ4n) is 4.37. The van der Waals surface area contributed by atoms with E-state index in [1.165, 1.54) is 0 Å². The van der Waals surface area contributed by atoms with E-state index >= 15 is 0 Å². The van der Waals surface area contributed by atoms with Crippen LogP contribution in [0.5, 0.6) is 0 Å². The maximum Gasteiger partial charge on any atom is 0.222 e. The van der Waals surface area contributed by atoms with Crippen LogP contribution in [0.15, 0.2) is 53.7 Å². The number of rotatable bonds is 8. The van der Waals surface area contributed by atoms with E-state index < -0.39 is 0 Å². The Hall–Kier alpha value is -2.55. The van der Waals surface area contributed by atoms with E-state index in [4.69, 9.17) is 23.2 Å². The Morgan fingerprint density at radius 3 is 2.53 bits per heavy atom. The van der Waals surface area contributed by atoms with Crippen molar-refractivity contribution in [3.63, 3.8) is 0 Å². The summed E-state index contributed by atoms with van der Waals surface area (Å²) < 4.78 is 2.00.